The van der Waals surface area contributed by atoms with Crippen molar-refractivity contribution in [2.75, 3.05) is 6.61 Å². The third kappa shape index (κ3) is 7.75. The number of carbonyl (C=O) groups excluding carboxylic acids is 1. The first kappa shape index (κ1) is 23.4. The van der Waals surface area contributed by atoms with Crippen molar-refractivity contribution in [1.82, 2.24) is 5.32 Å². The molecule has 0 aliphatic carbocycles. The van der Waals surface area contributed by atoms with E-state index in [9.17, 15) is 9.90 Å². The molecule has 0 aliphatic heterocycles. The van der Waals surface area contributed by atoms with Crippen molar-refractivity contribution < 1.29 is 19.4 Å². The number of nitrogens with one attached hydrogen (secondary N) is 1. The summed E-state index contributed by atoms with van der Waals surface area (Å²) < 4.78 is 11.2. The first-order valence-electron chi connectivity index (χ1n) is 10.8. The average Bonchev–Trinajstić information content (AvgIpc) is 2.75. The minimum Gasteiger partial charge on any atom is -0.457 e. The van der Waals surface area contributed by atoms with Gasteiger partial charge < -0.3 is 19.9 Å². The predicted octanol–water partition coefficient (Wildman–Crippen LogP) is 5.50. The van der Waals surface area contributed by atoms with Crippen LogP contribution in [0.1, 0.15) is 37.5 Å². The van der Waals surface area contributed by atoms with Crippen LogP contribution in [0.5, 0.6) is 11.5 Å². The topological polar surface area (TPSA) is 67.8 Å². The molecule has 0 bridgehead atoms. The van der Waals surface area contributed by atoms with E-state index in [0.717, 1.165) is 23.5 Å². The zero-order valence-corrected chi connectivity index (χ0v) is 18.9. The van der Waals surface area contributed by atoms with Gasteiger partial charge in [-0.3, -0.25) is 0 Å². The molecule has 1 atom stereocenters. The Morgan fingerprint density at radius 3 is 1.91 bits per heavy atom. The van der Waals surface area contributed by atoms with E-state index < -0.39 is 17.7 Å². The molecular weight excluding hydrogens is 402 g/mol. The summed E-state index contributed by atoms with van der Waals surface area (Å²) in [4.78, 5) is 11.9. The number of aliphatic hydroxyl groups excluding tert-OH is 1. The minimum atomic E-state index is -0.581. The van der Waals surface area contributed by atoms with Crippen LogP contribution in [0.15, 0.2) is 78.9 Å². The van der Waals surface area contributed by atoms with Crippen molar-refractivity contribution in [2.45, 2.75) is 45.3 Å². The monoisotopic (exact) mass is 433 g/mol. The molecule has 0 saturated heterocycles. The summed E-state index contributed by atoms with van der Waals surface area (Å²) in [6, 6.07) is 25.7. The number of hydrogen-bond acceptors (Lipinski definition) is 4. The molecule has 2 N–H and O–H groups in total. The Balaban J connectivity index is 1.53. The highest BCUT2D eigenvalue weighted by Crippen LogP contribution is 2.23. The molecule has 0 aromatic heterocycles. The quantitative estimate of drug-likeness (QED) is 0.492. The summed E-state index contributed by atoms with van der Waals surface area (Å²) in [6.07, 6.45) is 0.843. The molecule has 3 aromatic carbocycles. The van der Waals surface area contributed by atoms with Crippen molar-refractivity contribution >= 4 is 6.09 Å². The largest absolute Gasteiger partial charge is 0.457 e. The van der Waals surface area contributed by atoms with Gasteiger partial charge in [0, 0.05) is 0 Å². The maximum atomic E-state index is 11.9. The Bertz CT molecular complexity index is 977. The fourth-order valence-corrected chi connectivity index (χ4v) is 3.26. The highest BCUT2D eigenvalue weighted by atomic mass is 16.6. The fourth-order valence-electron chi connectivity index (χ4n) is 3.26. The molecular formula is C27H31NO4. The van der Waals surface area contributed by atoms with Crippen LogP contribution in [0.25, 0.3) is 0 Å². The van der Waals surface area contributed by atoms with Crippen LogP contribution in [0.4, 0.5) is 4.79 Å². The van der Waals surface area contributed by atoms with Gasteiger partial charge in [-0.1, -0.05) is 54.6 Å². The average molecular weight is 434 g/mol. The van der Waals surface area contributed by atoms with Gasteiger partial charge in [-0.25, -0.2) is 4.79 Å². The molecule has 0 spiro atoms. The highest BCUT2D eigenvalue weighted by Gasteiger charge is 2.19. The maximum Gasteiger partial charge on any atom is 0.407 e. The van der Waals surface area contributed by atoms with Crippen LogP contribution >= 0.6 is 0 Å². The van der Waals surface area contributed by atoms with Crippen LogP contribution < -0.4 is 10.1 Å². The van der Waals surface area contributed by atoms with Gasteiger partial charge in [0.1, 0.15) is 17.1 Å². The molecule has 1 unspecified atom stereocenters. The molecule has 0 aliphatic rings. The van der Waals surface area contributed by atoms with Gasteiger partial charge in [0.15, 0.2) is 0 Å². The van der Waals surface area contributed by atoms with E-state index in [4.69, 9.17) is 9.47 Å². The summed E-state index contributed by atoms with van der Waals surface area (Å²) in [5.74, 6) is 1.50. The molecule has 5 heteroatoms. The number of aliphatic hydroxyl groups is 1. The molecule has 0 saturated carbocycles. The van der Waals surface area contributed by atoms with Crippen molar-refractivity contribution in [2.24, 2.45) is 0 Å². The molecule has 5 nitrogen and oxygen atoms in total. The van der Waals surface area contributed by atoms with Crippen LogP contribution in [0.3, 0.4) is 0 Å². The number of alkyl carbamates (subject to hydrolysis) is 1. The number of rotatable bonds is 8. The second-order valence-electron chi connectivity index (χ2n) is 8.78. The van der Waals surface area contributed by atoms with Crippen molar-refractivity contribution in [3.05, 3.63) is 95.6 Å². The van der Waals surface area contributed by atoms with Gasteiger partial charge in [0.2, 0.25) is 0 Å². The van der Waals surface area contributed by atoms with E-state index in [1.807, 2.05) is 54.6 Å². The summed E-state index contributed by atoms with van der Waals surface area (Å²) in [5, 5.41) is 12.3. The van der Waals surface area contributed by atoms with Crippen LogP contribution in [0, 0.1) is 0 Å². The molecule has 3 aromatic rings. The lowest BCUT2D eigenvalue weighted by molar-refractivity contribution is 0.0483. The molecule has 0 heterocycles. The maximum absolute atomic E-state index is 11.9. The molecule has 1 amide bonds. The van der Waals surface area contributed by atoms with E-state index in [0.29, 0.717) is 6.42 Å². The number of amides is 1. The Morgan fingerprint density at radius 2 is 1.38 bits per heavy atom. The van der Waals surface area contributed by atoms with Crippen LogP contribution in [-0.2, 0) is 17.6 Å². The minimum absolute atomic E-state index is 0.174. The standard InChI is InChI=1S/C27H31NO4/c1-27(2,3)32-26(30)28-23(19-29)18-22-11-15-25(16-12-22)31-24-13-9-21(10-14-24)17-20-7-5-4-6-8-20/h4-16,23,29H,17-19H2,1-3H3,(H,28,30). The van der Waals surface area contributed by atoms with Crippen molar-refractivity contribution in [1.29, 1.82) is 0 Å². The molecule has 0 fully saturated rings. The summed E-state index contributed by atoms with van der Waals surface area (Å²) in [7, 11) is 0. The van der Waals surface area contributed by atoms with Crippen molar-refractivity contribution in [3.63, 3.8) is 0 Å². The van der Waals surface area contributed by atoms with Gasteiger partial charge in [-0.2, -0.15) is 0 Å². The first-order chi connectivity index (χ1) is 15.3. The summed E-state index contributed by atoms with van der Waals surface area (Å²) in [5.41, 5.74) is 2.90. The Morgan fingerprint density at radius 1 is 0.844 bits per heavy atom. The molecule has 168 valence electrons. The second kappa shape index (κ2) is 10.8. The van der Waals surface area contributed by atoms with Gasteiger partial charge in [0.05, 0.1) is 12.6 Å². The molecule has 0 radical (unpaired) electrons. The number of benzene rings is 3. The van der Waals surface area contributed by atoms with Gasteiger partial charge >= 0.3 is 6.09 Å². The third-order valence-electron chi connectivity index (χ3n) is 4.76. The molecule has 32 heavy (non-hydrogen) atoms. The lowest BCUT2D eigenvalue weighted by Crippen LogP contribution is -2.42. The normalized spacial score (nSPS) is 12.1. The fraction of sp³-hybridized carbons (Fsp3) is 0.296. The first-order valence-corrected chi connectivity index (χ1v) is 10.8. The van der Waals surface area contributed by atoms with E-state index in [-0.39, 0.29) is 6.61 Å². The molecule has 3 rings (SSSR count). The lowest BCUT2D eigenvalue weighted by atomic mass is 10.1. The Labute approximate surface area is 190 Å². The zero-order valence-electron chi connectivity index (χ0n) is 18.9. The Hall–Kier alpha value is -3.31. The van der Waals surface area contributed by atoms with E-state index in [1.165, 1.54) is 11.1 Å². The van der Waals surface area contributed by atoms with Gasteiger partial charge in [0.25, 0.3) is 0 Å². The van der Waals surface area contributed by atoms with Gasteiger partial charge in [-0.05, 0) is 74.6 Å². The zero-order chi connectivity index (χ0) is 23.0. The second-order valence-corrected chi connectivity index (χ2v) is 8.78. The van der Waals surface area contributed by atoms with Crippen LogP contribution in [-0.4, -0.2) is 29.4 Å². The number of hydrogen-bond donors (Lipinski definition) is 2. The smallest absolute Gasteiger partial charge is 0.407 e. The van der Waals surface area contributed by atoms with E-state index in [1.54, 1.807) is 20.8 Å². The lowest BCUT2D eigenvalue weighted by Gasteiger charge is -2.22. The summed E-state index contributed by atoms with van der Waals surface area (Å²) >= 11 is 0. The van der Waals surface area contributed by atoms with Crippen molar-refractivity contribution in [3.8, 4) is 11.5 Å². The number of carbonyl (C=O) groups is 1. The summed E-state index contributed by atoms with van der Waals surface area (Å²) in [6.45, 7) is 5.23. The van der Waals surface area contributed by atoms with E-state index in [2.05, 4.69) is 29.6 Å². The highest BCUT2D eigenvalue weighted by molar-refractivity contribution is 5.68. The SMILES string of the molecule is CC(C)(C)OC(=O)NC(CO)Cc1ccc(Oc2ccc(Cc3ccccc3)cc2)cc1. The van der Waals surface area contributed by atoms with Gasteiger partial charge in [-0.15, -0.1) is 0 Å². The number of ether oxygens (including phenoxy) is 2. The predicted molar refractivity (Wildman–Crippen MR) is 126 cm³/mol. The van der Waals surface area contributed by atoms with E-state index >= 15 is 0 Å². The third-order valence-corrected chi connectivity index (χ3v) is 4.76. The Kier molecular flexibility index (Phi) is 7.90. The van der Waals surface area contributed by atoms with Crippen LogP contribution in [0.2, 0.25) is 0 Å².